The molecule has 2 aliphatic rings. The first-order chi connectivity index (χ1) is 10.3. The van der Waals surface area contributed by atoms with Gasteiger partial charge >= 0.3 is 0 Å². The lowest BCUT2D eigenvalue weighted by atomic mass is 9.94. The third-order valence-corrected chi connectivity index (χ3v) is 5.79. The van der Waals surface area contributed by atoms with Crippen molar-refractivity contribution < 1.29 is 4.79 Å². The van der Waals surface area contributed by atoms with Gasteiger partial charge in [-0.3, -0.25) is 4.79 Å². The van der Waals surface area contributed by atoms with Crippen molar-refractivity contribution in [2.24, 2.45) is 5.92 Å². The summed E-state index contributed by atoms with van der Waals surface area (Å²) in [6, 6.07) is 4.86. The molecule has 0 aromatic carbocycles. The first-order valence-corrected chi connectivity index (χ1v) is 9.22. The number of nitrogens with one attached hydrogen (secondary N) is 1. The van der Waals surface area contributed by atoms with Crippen LogP contribution in [0.2, 0.25) is 0 Å². The lowest BCUT2D eigenvalue weighted by Gasteiger charge is -2.31. The minimum atomic E-state index is 0.175. The van der Waals surface area contributed by atoms with Crippen LogP contribution in [-0.2, 0) is 11.2 Å². The molecule has 3 nitrogen and oxygen atoms in total. The predicted octanol–water partition coefficient (Wildman–Crippen LogP) is 3.06. The van der Waals surface area contributed by atoms with E-state index in [1.54, 1.807) is 11.3 Å². The second kappa shape index (κ2) is 7.41. The van der Waals surface area contributed by atoms with Gasteiger partial charge in [0.05, 0.1) is 6.42 Å². The van der Waals surface area contributed by atoms with Crippen LogP contribution < -0.4 is 5.32 Å². The fraction of sp³-hybridized carbons (Fsp3) is 0.706. The van der Waals surface area contributed by atoms with E-state index < -0.39 is 0 Å². The highest BCUT2D eigenvalue weighted by Crippen LogP contribution is 2.27. The average Bonchev–Trinajstić information content (AvgIpc) is 3.17. The van der Waals surface area contributed by atoms with Crippen molar-refractivity contribution in [2.45, 2.75) is 51.0 Å². The van der Waals surface area contributed by atoms with Crippen LogP contribution in [0.4, 0.5) is 0 Å². The number of carbonyl (C=O) groups excluding carboxylic acids is 1. The number of hydrogen-bond acceptors (Lipinski definition) is 3. The third-order valence-electron chi connectivity index (χ3n) is 4.91. The Morgan fingerprint density at radius 3 is 2.90 bits per heavy atom. The summed E-state index contributed by atoms with van der Waals surface area (Å²) in [6.07, 6.45) is 8.79. The van der Waals surface area contributed by atoms with Crippen molar-refractivity contribution in [3.63, 3.8) is 0 Å². The van der Waals surface area contributed by atoms with Crippen molar-refractivity contribution in [1.82, 2.24) is 10.2 Å². The number of nitrogens with zero attached hydrogens (tertiary/aromatic N) is 1. The fourth-order valence-electron chi connectivity index (χ4n) is 3.70. The Bertz CT molecular complexity index is 440. The Morgan fingerprint density at radius 1 is 1.29 bits per heavy atom. The molecule has 0 bridgehead atoms. The van der Waals surface area contributed by atoms with E-state index in [1.807, 2.05) is 17.5 Å². The summed E-state index contributed by atoms with van der Waals surface area (Å²) in [5.41, 5.74) is 0. The summed E-state index contributed by atoms with van der Waals surface area (Å²) < 4.78 is 0. The van der Waals surface area contributed by atoms with Crippen LogP contribution in [0.25, 0.3) is 0 Å². The summed E-state index contributed by atoms with van der Waals surface area (Å²) >= 11 is 1.66. The maximum Gasteiger partial charge on any atom is 0.225 e. The third kappa shape index (κ3) is 4.30. The second-order valence-electron chi connectivity index (χ2n) is 6.50. The number of amides is 1. The summed E-state index contributed by atoms with van der Waals surface area (Å²) in [7, 11) is 0. The Labute approximate surface area is 131 Å². The highest BCUT2D eigenvalue weighted by Gasteiger charge is 2.29. The molecule has 1 saturated carbocycles. The zero-order chi connectivity index (χ0) is 14.5. The second-order valence-corrected chi connectivity index (χ2v) is 7.53. The molecule has 0 radical (unpaired) electrons. The van der Waals surface area contributed by atoms with Gasteiger partial charge in [0.25, 0.3) is 0 Å². The minimum Gasteiger partial charge on any atom is -0.355 e. The van der Waals surface area contributed by atoms with E-state index in [1.165, 1.54) is 51.6 Å². The van der Waals surface area contributed by atoms with Crippen molar-refractivity contribution in [3.8, 4) is 0 Å². The van der Waals surface area contributed by atoms with Crippen LogP contribution in [0.5, 0.6) is 0 Å². The quantitative estimate of drug-likeness (QED) is 0.907. The monoisotopic (exact) mass is 306 g/mol. The molecule has 21 heavy (non-hydrogen) atoms. The molecule has 1 aromatic rings. The molecule has 1 saturated heterocycles. The van der Waals surface area contributed by atoms with Crippen LogP contribution in [-0.4, -0.2) is 36.5 Å². The van der Waals surface area contributed by atoms with Gasteiger partial charge in [-0.2, -0.15) is 0 Å². The summed E-state index contributed by atoms with van der Waals surface area (Å²) in [5, 5.41) is 5.16. The van der Waals surface area contributed by atoms with Crippen molar-refractivity contribution in [2.75, 3.05) is 19.6 Å². The molecule has 0 spiro atoms. The first-order valence-electron chi connectivity index (χ1n) is 8.34. The van der Waals surface area contributed by atoms with Gasteiger partial charge < -0.3 is 10.2 Å². The van der Waals surface area contributed by atoms with E-state index >= 15 is 0 Å². The van der Waals surface area contributed by atoms with Gasteiger partial charge in [0.15, 0.2) is 0 Å². The number of carbonyl (C=O) groups is 1. The van der Waals surface area contributed by atoms with Crippen LogP contribution in [0, 0.1) is 5.92 Å². The van der Waals surface area contributed by atoms with Gasteiger partial charge in [-0.15, -0.1) is 11.3 Å². The maximum atomic E-state index is 11.9. The summed E-state index contributed by atoms with van der Waals surface area (Å²) in [6.45, 7) is 3.27. The van der Waals surface area contributed by atoms with Crippen LogP contribution in [0.3, 0.4) is 0 Å². The highest BCUT2D eigenvalue weighted by atomic mass is 32.1. The van der Waals surface area contributed by atoms with Gasteiger partial charge in [0, 0.05) is 24.0 Å². The van der Waals surface area contributed by atoms with Crippen LogP contribution in [0.15, 0.2) is 17.5 Å². The molecule has 2 fully saturated rings. The first kappa shape index (κ1) is 15.0. The van der Waals surface area contributed by atoms with E-state index in [-0.39, 0.29) is 5.91 Å². The lowest BCUT2D eigenvalue weighted by molar-refractivity contribution is -0.120. The van der Waals surface area contributed by atoms with Crippen LogP contribution in [0.1, 0.15) is 43.4 Å². The van der Waals surface area contributed by atoms with Crippen molar-refractivity contribution in [3.05, 3.63) is 22.4 Å². The molecular formula is C17H26N2OS. The van der Waals surface area contributed by atoms with Gasteiger partial charge in [-0.1, -0.05) is 25.3 Å². The smallest absolute Gasteiger partial charge is 0.225 e. The zero-order valence-electron chi connectivity index (χ0n) is 12.7. The van der Waals surface area contributed by atoms with Gasteiger partial charge in [0.2, 0.25) is 5.91 Å². The zero-order valence-corrected chi connectivity index (χ0v) is 13.5. The maximum absolute atomic E-state index is 11.9. The Hall–Kier alpha value is -0.870. The van der Waals surface area contributed by atoms with Gasteiger partial charge in [-0.05, 0) is 43.2 Å². The van der Waals surface area contributed by atoms with Gasteiger partial charge in [-0.25, -0.2) is 0 Å². The predicted molar refractivity (Wildman–Crippen MR) is 87.6 cm³/mol. The Balaban J connectivity index is 1.37. The molecule has 1 atom stereocenters. The van der Waals surface area contributed by atoms with Gasteiger partial charge in [0.1, 0.15) is 0 Å². The molecule has 1 N–H and O–H groups in total. The number of thiophene rings is 1. The average molecular weight is 306 g/mol. The van der Waals surface area contributed by atoms with Crippen molar-refractivity contribution in [1.29, 1.82) is 0 Å². The Kier molecular flexibility index (Phi) is 5.31. The lowest BCUT2D eigenvalue weighted by Crippen LogP contribution is -2.36. The van der Waals surface area contributed by atoms with E-state index in [0.717, 1.165) is 17.5 Å². The minimum absolute atomic E-state index is 0.175. The Morgan fingerprint density at radius 2 is 2.14 bits per heavy atom. The van der Waals surface area contributed by atoms with E-state index in [9.17, 15) is 4.79 Å². The van der Waals surface area contributed by atoms with Crippen LogP contribution >= 0.6 is 11.3 Å². The fourth-order valence-corrected chi connectivity index (χ4v) is 4.40. The molecule has 1 aliphatic carbocycles. The normalized spacial score (nSPS) is 24.3. The molecule has 4 heteroatoms. The molecular weight excluding hydrogens is 280 g/mol. The summed E-state index contributed by atoms with van der Waals surface area (Å²) in [5.74, 6) is 0.827. The number of hydrogen-bond donors (Lipinski definition) is 1. The number of rotatable bonds is 5. The van der Waals surface area contributed by atoms with E-state index in [2.05, 4.69) is 10.2 Å². The largest absolute Gasteiger partial charge is 0.355 e. The molecule has 2 heterocycles. The van der Waals surface area contributed by atoms with E-state index in [0.29, 0.717) is 12.3 Å². The summed E-state index contributed by atoms with van der Waals surface area (Å²) in [4.78, 5) is 15.8. The molecule has 1 amide bonds. The topological polar surface area (TPSA) is 32.3 Å². The molecule has 1 aliphatic heterocycles. The molecule has 3 rings (SSSR count). The number of likely N-dealkylation sites (tertiary alicyclic amines) is 1. The van der Waals surface area contributed by atoms with E-state index in [4.69, 9.17) is 0 Å². The highest BCUT2D eigenvalue weighted by molar-refractivity contribution is 7.10. The molecule has 1 aromatic heterocycles. The molecule has 116 valence electrons. The molecule has 1 unspecified atom stereocenters. The SMILES string of the molecule is O=C(Cc1cccs1)NCC1CCN(C2CCCCC2)C1. The standard InChI is InChI=1S/C17H26N2OS/c20-17(11-16-7-4-10-21-16)18-12-14-8-9-19(13-14)15-5-2-1-3-6-15/h4,7,10,14-15H,1-3,5-6,8-9,11-13H2,(H,18,20). The van der Waals surface area contributed by atoms with Crippen molar-refractivity contribution >= 4 is 17.2 Å².